The normalized spacial score (nSPS) is 20.3. The van der Waals surface area contributed by atoms with Crippen molar-refractivity contribution in [1.82, 2.24) is 0 Å². The summed E-state index contributed by atoms with van der Waals surface area (Å²) in [5.41, 5.74) is 1.58. The van der Waals surface area contributed by atoms with Crippen LogP contribution in [0.15, 0.2) is 24.3 Å². The number of hydrogen-bond donors (Lipinski definition) is 0. The van der Waals surface area contributed by atoms with E-state index in [2.05, 4.69) is 26.0 Å². The molecule has 0 amide bonds. The van der Waals surface area contributed by atoms with Crippen molar-refractivity contribution in [1.29, 1.82) is 0 Å². The van der Waals surface area contributed by atoms with E-state index in [0.29, 0.717) is 0 Å². The molecule has 0 N–H and O–H groups in total. The Kier molecular flexibility index (Phi) is 4.29. The molecule has 0 saturated carbocycles. The van der Waals surface area contributed by atoms with Gasteiger partial charge in [0.2, 0.25) is 5.72 Å². The Labute approximate surface area is 179 Å². The van der Waals surface area contributed by atoms with Gasteiger partial charge >= 0.3 is 11.4 Å². The highest BCUT2D eigenvalue weighted by molar-refractivity contribution is 5.82. The Balaban J connectivity index is 2.01. The average molecular weight is 425 g/mol. The van der Waals surface area contributed by atoms with Crippen molar-refractivity contribution in [2.45, 2.75) is 38.8 Å². The van der Waals surface area contributed by atoms with E-state index in [1.54, 1.807) is 12.2 Å². The van der Waals surface area contributed by atoms with Crippen molar-refractivity contribution in [3.05, 3.63) is 66.8 Å². The molecule has 1 unspecified atom stereocenters. The Morgan fingerprint density at radius 3 is 2.29 bits per heavy atom. The molecule has 2 heterocycles. The number of fused-ring (bicyclic) bond motifs is 2. The van der Waals surface area contributed by atoms with Crippen LogP contribution in [0.5, 0.6) is 11.5 Å². The van der Waals surface area contributed by atoms with Crippen molar-refractivity contribution < 1.29 is 19.3 Å². The monoisotopic (exact) mass is 425 g/mol. The second kappa shape index (κ2) is 6.44. The highest BCUT2D eigenvalue weighted by atomic mass is 16.6. The standard InChI is InChI=1S/C22H23N3O6/c1-12-7-8-13(2)18-17(12)21(3,4)22(23(18)5)10-9-14-19(25(28)29)15(24(26)27)11-16(30-6)20(14)31-22/h7-11H,1-6H3. The van der Waals surface area contributed by atoms with Gasteiger partial charge in [-0.05, 0) is 56.5 Å². The smallest absolute Gasteiger partial charge is 0.357 e. The maximum absolute atomic E-state index is 11.7. The molecule has 4 rings (SSSR count). The molecule has 2 aliphatic rings. The lowest BCUT2D eigenvalue weighted by Crippen LogP contribution is -2.58. The topological polar surface area (TPSA) is 108 Å². The summed E-state index contributed by atoms with van der Waals surface area (Å²) in [5, 5.41) is 23.2. The molecule has 2 aromatic carbocycles. The lowest BCUT2D eigenvalue weighted by molar-refractivity contribution is -0.422. The molecule has 1 spiro atoms. The molecule has 0 bridgehead atoms. The van der Waals surface area contributed by atoms with Gasteiger partial charge in [0.1, 0.15) is 5.56 Å². The second-order valence-electron chi connectivity index (χ2n) is 8.44. The largest absolute Gasteiger partial charge is 0.493 e. The maximum Gasteiger partial charge on any atom is 0.357 e. The van der Waals surface area contributed by atoms with Gasteiger partial charge in [-0.3, -0.25) is 20.2 Å². The van der Waals surface area contributed by atoms with Crippen molar-refractivity contribution >= 4 is 23.1 Å². The summed E-state index contributed by atoms with van der Waals surface area (Å²) >= 11 is 0. The number of methoxy groups -OCH3 is 1. The molecule has 0 aliphatic carbocycles. The van der Waals surface area contributed by atoms with Crippen LogP contribution in [0.4, 0.5) is 17.1 Å². The summed E-state index contributed by atoms with van der Waals surface area (Å²) in [6.45, 7) is 8.19. The van der Waals surface area contributed by atoms with E-state index in [9.17, 15) is 20.2 Å². The van der Waals surface area contributed by atoms with Crippen LogP contribution in [0.2, 0.25) is 0 Å². The molecular weight excluding hydrogens is 402 g/mol. The molecule has 9 nitrogen and oxygen atoms in total. The van der Waals surface area contributed by atoms with Crippen LogP contribution < -0.4 is 14.4 Å². The van der Waals surface area contributed by atoms with Gasteiger partial charge in [0.15, 0.2) is 11.5 Å². The molecule has 0 fully saturated rings. The summed E-state index contributed by atoms with van der Waals surface area (Å²) in [6, 6.07) is 5.17. The van der Waals surface area contributed by atoms with Crippen LogP contribution in [-0.4, -0.2) is 29.7 Å². The lowest BCUT2D eigenvalue weighted by atomic mass is 9.74. The summed E-state index contributed by atoms with van der Waals surface area (Å²) in [6.07, 6.45) is 3.30. The first-order valence-corrected chi connectivity index (χ1v) is 9.74. The molecular formula is C22H23N3O6. The fraction of sp³-hybridized carbons (Fsp3) is 0.364. The van der Waals surface area contributed by atoms with Crippen LogP contribution in [0.25, 0.3) is 6.08 Å². The zero-order valence-electron chi connectivity index (χ0n) is 18.2. The summed E-state index contributed by atoms with van der Waals surface area (Å²) < 4.78 is 11.9. The first kappa shape index (κ1) is 20.6. The number of benzene rings is 2. The fourth-order valence-electron chi connectivity index (χ4n) is 5.06. The minimum atomic E-state index is -1.00. The number of aryl methyl sites for hydroxylation is 2. The second-order valence-corrected chi connectivity index (χ2v) is 8.44. The average Bonchev–Trinajstić information content (AvgIpc) is 2.88. The van der Waals surface area contributed by atoms with Crippen molar-refractivity contribution in [3.63, 3.8) is 0 Å². The van der Waals surface area contributed by atoms with E-state index in [0.717, 1.165) is 28.4 Å². The Morgan fingerprint density at radius 2 is 1.74 bits per heavy atom. The molecule has 0 saturated heterocycles. The zero-order valence-corrected chi connectivity index (χ0v) is 18.2. The van der Waals surface area contributed by atoms with E-state index < -0.39 is 32.4 Å². The number of ether oxygens (including phenoxy) is 2. The fourth-order valence-corrected chi connectivity index (χ4v) is 5.06. The van der Waals surface area contributed by atoms with E-state index in [1.165, 1.54) is 7.11 Å². The number of anilines is 1. The van der Waals surface area contributed by atoms with Crippen LogP contribution in [0.3, 0.4) is 0 Å². The molecule has 2 aromatic rings. The van der Waals surface area contributed by atoms with E-state index in [4.69, 9.17) is 9.47 Å². The molecule has 2 aliphatic heterocycles. The first-order valence-electron chi connectivity index (χ1n) is 9.74. The Bertz CT molecular complexity index is 1190. The number of hydrogen-bond acceptors (Lipinski definition) is 7. The van der Waals surface area contributed by atoms with Gasteiger partial charge in [-0.1, -0.05) is 12.1 Å². The lowest BCUT2D eigenvalue weighted by Gasteiger charge is -2.46. The number of rotatable bonds is 3. The predicted molar refractivity (Wildman–Crippen MR) is 116 cm³/mol. The van der Waals surface area contributed by atoms with Gasteiger partial charge in [-0.25, -0.2) is 0 Å². The van der Waals surface area contributed by atoms with Gasteiger partial charge in [0.25, 0.3) is 0 Å². The molecule has 0 radical (unpaired) electrons. The molecule has 162 valence electrons. The third-order valence-corrected chi connectivity index (χ3v) is 6.51. The Morgan fingerprint density at radius 1 is 1.10 bits per heavy atom. The van der Waals surface area contributed by atoms with Gasteiger partial charge in [-0.15, -0.1) is 0 Å². The summed E-state index contributed by atoms with van der Waals surface area (Å²) in [5.74, 6) is 0.190. The van der Waals surface area contributed by atoms with E-state index in [-0.39, 0.29) is 17.1 Å². The molecule has 1 atom stereocenters. The summed E-state index contributed by atoms with van der Waals surface area (Å²) in [4.78, 5) is 23.7. The zero-order chi connectivity index (χ0) is 22.9. The van der Waals surface area contributed by atoms with Crippen LogP contribution >= 0.6 is 0 Å². The van der Waals surface area contributed by atoms with Crippen molar-refractivity contribution in [2.24, 2.45) is 0 Å². The van der Waals surface area contributed by atoms with Crippen molar-refractivity contribution in [3.8, 4) is 11.5 Å². The van der Waals surface area contributed by atoms with E-state index >= 15 is 0 Å². The van der Waals surface area contributed by atoms with Gasteiger partial charge < -0.3 is 14.4 Å². The SMILES string of the molecule is COc1cc([N+](=O)[O-])c([N+](=O)[O-])c2c1OC1(C=C2)N(C)c2c(C)ccc(C)c2C1(C)C. The van der Waals surface area contributed by atoms with Crippen LogP contribution in [0.1, 0.15) is 36.1 Å². The quantitative estimate of drug-likeness (QED) is 0.520. The first-order chi connectivity index (χ1) is 14.5. The third-order valence-electron chi connectivity index (χ3n) is 6.51. The Hall–Kier alpha value is -3.62. The number of nitrogens with zero attached hydrogens (tertiary/aromatic N) is 3. The highest BCUT2D eigenvalue weighted by Crippen LogP contribution is 2.58. The van der Waals surface area contributed by atoms with Crippen molar-refractivity contribution in [2.75, 3.05) is 19.1 Å². The van der Waals surface area contributed by atoms with Crippen LogP contribution in [-0.2, 0) is 5.41 Å². The number of likely N-dealkylation sites (N-methyl/N-ethyl adjacent to an activating group) is 1. The maximum atomic E-state index is 11.7. The third kappa shape index (κ3) is 2.49. The van der Waals surface area contributed by atoms with Gasteiger partial charge in [0, 0.05) is 12.7 Å². The molecule has 0 aromatic heterocycles. The molecule has 9 heteroatoms. The minimum absolute atomic E-state index is 0.0234. The minimum Gasteiger partial charge on any atom is -0.493 e. The van der Waals surface area contributed by atoms with E-state index in [1.807, 2.05) is 25.8 Å². The highest BCUT2D eigenvalue weighted by Gasteiger charge is 2.59. The number of nitro groups is 2. The summed E-state index contributed by atoms with van der Waals surface area (Å²) in [7, 11) is 3.27. The number of nitro benzene ring substituents is 2. The van der Waals surface area contributed by atoms with Crippen LogP contribution in [0, 0.1) is 34.1 Å². The van der Waals surface area contributed by atoms with Gasteiger partial charge in [-0.2, -0.15) is 0 Å². The predicted octanol–water partition coefficient (Wildman–Crippen LogP) is 4.66. The molecule has 31 heavy (non-hydrogen) atoms. The van der Waals surface area contributed by atoms with Gasteiger partial charge in [0.05, 0.1) is 28.4 Å².